The van der Waals surface area contributed by atoms with Crippen LogP contribution in [0, 0.1) is 6.54 Å². The largest absolute Gasteiger partial charge is 0.467 e. The zero-order chi connectivity index (χ0) is 9.97. The molecule has 3 amide bonds. The fourth-order valence-corrected chi connectivity index (χ4v) is 1.16. The molecule has 0 spiro atoms. The second-order valence-corrected chi connectivity index (χ2v) is 2.85. The van der Waals surface area contributed by atoms with Gasteiger partial charge in [-0.15, -0.1) is 0 Å². The van der Waals surface area contributed by atoms with Crippen molar-refractivity contribution in [1.82, 2.24) is 10.2 Å². The van der Waals surface area contributed by atoms with Crippen LogP contribution in [-0.4, -0.2) is 16.8 Å². The SMILES string of the molecule is O=C1C[C]N(Cc2ccco2)C(=O)N1. The van der Waals surface area contributed by atoms with Crippen molar-refractivity contribution in [3.8, 4) is 0 Å². The summed E-state index contributed by atoms with van der Waals surface area (Å²) in [5.41, 5.74) is 0. The van der Waals surface area contributed by atoms with E-state index in [2.05, 4.69) is 11.9 Å². The van der Waals surface area contributed by atoms with E-state index in [1.807, 2.05) is 0 Å². The van der Waals surface area contributed by atoms with Gasteiger partial charge in [0.2, 0.25) is 5.91 Å². The van der Waals surface area contributed by atoms with E-state index < -0.39 is 6.03 Å². The molecule has 2 rings (SSSR count). The minimum Gasteiger partial charge on any atom is -0.467 e. The number of carbonyl (C=O) groups is 2. The molecule has 0 aromatic carbocycles. The summed E-state index contributed by atoms with van der Waals surface area (Å²) in [7, 11) is 0. The predicted molar refractivity (Wildman–Crippen MR) is 45.6 cm³/mol. The number of urea groups is 1. The zero-order valence-corrected chi connectivity index (χ0v) is 7.32. The third-order valence-corrected chi connectivity index (χ3v) is 1.82. The van der Waals surface area contributed by atoms with E-state index in [-0.39, 0.29) is 12.3 Å². The first-order valence-electron chi connectivity index (χ1n) is 4.13. The predicted octanol–water partition coefficient (Wildman–Crippen LogP) is 0.760. The molecule has 0 atom stereocenters. The lowest BCUT2D eigenvalue weighted by atomic mass is 10.3. The fourth-order valence-electron chi connectivity index (χ4n) is 1.16. The van der Waals surface area contributed by atoms with Crippen LogP contribution in [-0.2, 0) is 11.3 Å². The first kappa shape index (κ1) is 8.80. The number of carbonyl (C=O) groups excluding carboxylic acids is 2. The smallest absolute Gasteiger partial charge is 0.325 e. The first-order valence-corrected chi connectivity index (χ1v) is 4.13. The standard InChI is InChI=1S/C9H8N2O3/c12-8-3-4-11(9(13)10-8)6-7-2-1-5-14-7/h1-2,5H,3,6H2,(H,10,12,13). The zero-order valence-electron chi connectivity index (χ0n) is 7.32. The molecule has 0 aliphatic carbocycles. The maximum atomic E-state index is 11.2. The second kappa shape index (κ2) is 3.53. The lowest BCUT2D eigenvalue weighted by molar-refractivity contribution is -0.120. The molecule has 1 aliphatic rings. The monoisotopic (exact) mass is 192 g/mol. The first-order chi connectivity index (χ1) is 6.75. The summed E-state index contributed by atoms with van der Waals surface area (Å²) in [4.78, 5) is 23.3. The van der Waals surface area contributed by atoms with Crippen LogP contribution in [0.3, 0.4) is 0 Å². The fraction of sp³-hybridized carbons (Fsp3) is 0.222. The number of nitrogens with zero attached hydrogens (tertiary/aromatic N) is 1. The van der Waals surface area contributed by atoms with Gasteiger partial charge < -0.3 is 9.32 Å². The van der Waals surface area contributed by atoms with Crippen LogP contribution in [0.2, 0.25) is 0 Å². The van der Waals surface area contributed by atoms with Crippen LogP contribution < -0.4 is 5.32 Å². The Labute approximate surface area is 80.7 Å². The summed E-state index contributed by atoms with van der Waals surface area (Å²) in [5, 5.41) is 2.19. The Bertz CT molecular complexity index is 345. The number of nitrogens with one attached hydrogen (secondary N) is 1. The number of amides is 3. The van der Waals surface area contributed by atoms with Gasteiger partial charge in [-0.2, -0.15) is 0 Å². The number of imide groups is 1. The summed E-state index contributed by atoms with van der Waals surface area (Å²) in [6.45, 7) is 2.97. The van der Waals surface area contributed by atoms with Gasteiger partial charge in [-0.1, -0.05) is 0 Å². The van der Waals surface area contributed by atoms with Crippen LogP contribution in [0.1, 0.15) is 12.2 Å². The van der Waals surface area contributed by atoms with Crippen molar-refractivity contribution < 1.29 is 14.0 Å². The molecule has 5 heteroatoms. The van der Waals surface area contributed by atoms with E-state index in [0.717, 1.165) is 0 Å². The second-order valence-electron chi connectivity index (χ2n) is 2.85. The molecule has 0 saturated carbocycles. The minimum atomic E-state index is -0.461. The van der Waals surface area contributed by atoms with Crippen molar-refractivity contribution in [1.29, 1.82) is 0 Å². The summed E-state index contributed by atoms with van der Waals surface area (Å²) in [5.74, 6) is 0.327. The molecule has 1 aromatic heterocycles. The minimum absolute atomic E-state index is 0.104. The van der Waals surface area contributed by atoms with Gasteiger partial charge in [-0.05, 0) is 12.1 Å². The molecule has 5 nitrogen and oxygen atoms in total. The highest BCUT2D eigenvalue weighted by Gasteiger charge is 2.24. The van der Waals surface area contributed by atoms with Crippen molar-refractivity contribution in [2.45, 2.75) is 13.0 Å². The quantitative estimate of drug-likeness (QED) is 0.752. The van der Waals surface area contributed by atoms with E-state index in [1.54, 1.807) is 12.1 Å². The summed E-state index contributed by atoms with van der Waals surface area (Å²) >= 11 is 0. The van der Waals surface area contributed by atoms with Gasteiger partial charge in [-0.3, -0.25) is 10.1 Å². The maximum Gasteiger partial charge on any atom is 0.325 e. The Balaban J connectivity index is 1.99. The molecule has 2 heterocycles. The van der Waals surface area contributed by atoms with Crippen molar-refractivity contribution in [3.05, 3.63) is 30.7 Å². The highest BCUT2D eigenvalue weighted by molar-refractivity contribution is 5.97. The van der Waals surface area contributed by atoms with E-state index in [9.17, 15) is 9.59 Å². The average Bonchev–Trinajstić information content (AvgIpc) is 2.62. The Morgan fingerprint density at radius 2 is 2.43 bits per heavy atom. The van der Waals surface area contributed by atoms with Crippen LogP contribution in [0.15, 0.2) is 22.8 Å². The van der Waals surface area contributed by atoms with Gasteiger partial charge in [0.15, 0.2) is 0 Å². The summed E-state index contributed by atoms with van der Waals surface area (Å²) in [6, 6.07) is 3.03. The molecular weight excluding hydrogens is 184 g/mol. The third kappa shape index (κ3) is 1.76. The van der Waals surface area contributed by atoms with Crippen LogP contribution in [0.5, 0.6) is 0 Å². The lowest BCUT2D eigenvalue weighted by Crippen LogP contribution is -2.46. The Kier molecular flexibility index (Phi) is 2.22. The molecule has 1 saturated heterocycles. The topological polar surface area (TPSA) is 62.6 Å². The molecule has 1 aliphatic heterocycles. The van der Waals surface area contributed by atoms with Gasteiger partial charge in [0.25, 0.3) is 0 Å². The van der Waals surface area contributed by atoms with Crippen molar-refractivity contribution >= 4 is 11.9 Å². The van der Waals surface area contributed by atoms with E-state index in [1.165, 1.54) is 11.2 Å². The summed E-state index contributed by atoms with van der Waals surface area (Å²) < 4.78 is 5.06. The van der Waals surface area contributed by atoms with Gasteiger partial charge in [0, 0.05) is 0 Å². The van der Waals surface area contributed by atoms with Crippen molar-refractivity contribution in [2.75, 3.05) is 0 Å². The average molecular weight is 192 g/mol. The van der Waals surface area contributed by atoms with Gasteiger partial charge in [0.1, 0.15) is 12.3 Å². The third-order valence-electron chi connectivity index (χ3n) is 1.82. The van der Waals surface area contributed by atoms with E-state index >= 15 is 0 Å². The molecule has 1 aromatic rings. The van der Waals surface area contributed by atoms with E-state index in [0.29, 0.717) is 12.3 Å². The number of furan rings is 1. The molecule has 1 N–H and O–H groups in total. The van der Waals surface area contributed by atoms with Crippen molar-refractivity contribution in [2.24, 2.45) is 0 Å². The molecule has 14 heavy (non-hydrogen) atoms. The molecular formula is C9H8N2O3. The van der Waals surface area contributed by atoms with Crippen LogP contribution in [0.4, 0.5) is 4.79 Å². The normalized spacial score (nSPS) is 17.0. The van der Waals surface area contributed by atoms with Crippen LogP contribution >= 0.6 is 0 Å². The number of rotatable bonds is 2. The highest BCUT2D eigenvalue weighted by atomic mass is 16.3. The van der Waals surface area contributed by atoms with Gasteiger partial charge >= 0.3 is 6.03 Å². The van der Waals surface area contributed by atoms with Crippen LogP contribution in [0.25, 0.3) is 0 Å². The number of hydrogen-bond donors (Lipinski definition) is 1. The molecule has 0 unspecified atom stereocenters. The lowest BCUT2D eigenvalue weighted by Gasteiger charge is -2.23. The highest BCUT2D eigenvalue weighted by Crippen LogP contribution is 2.11. The van der Waals surface area contributed by atoms with Crippen molar-refractivity contribution in [3.63, 3.8) is 0 Å². The van der Waals surface area contributed by atoms with Gasteiger partial charge in [0.05, 0.1) is 19.2 Å². The maximum absolute atomic E-state index is 11.2. The van der Waals surface area contributed by atoms with E-state index in [4.69, 9.17) is 4.42 Å². The molecule has 1 fully saturated rings. The molecule has 72 valence electrons. The molecule has 0 bridgehead atoms. The summed E-state index contributed by atoms with van der Waals surface area (Å²) in [6.07, 6.45) is 1.63. The Morgan fingerprint density at radius 1 is 1.57 bits per heavy atom. The number of hydrogen-bond acceptors (Lipinski definition) is 3. The Hall–Kier alpha value is -1.78. The molecule has 2 radical (unpaired) electrons. The van der Waals surface area contributed by atoms with Gasteiger partial charge in [-0.25, -0.2) is 4.79 Å². The Morgan fingerprint density at radius 3 is 3.07 bits per heavy atom.